The highest BCUT2D eigenvalue weighted by Crippen LogP contribution is 2.22. The molecule has 1 N–H and O–H groups in total. The lowest BCUT2D eigenvalue weighted by atomic mass is 10.2. The van der Waals surface area contributed by atoms with E-state index in [2.05, 4.69) is 15.3 Å². The van der Waals surface area contributed by atoms with Crippen molar-refractivity contribution in [2.75, 3.05) is 6.54 Å². The van der Waals surface area contributed by atoms with E-state index in [0.717, 1.165) is 0 Å². The zero-order valence-corrected chi connectivity index (χ0v) is 10.2. The molecule has 0 atom stereocenters. The van der Waals surface area contributed by atoms with E-state index in [0.29, 0.717) is 14.8 Å². The van der Waals surface area contributed by atoms with E-state index in [9.17, 15) is 4.79 Å². The SMILES string of the molecule is N#CCNC(=O)c1ccc(N=[N+]=[N-])c(I)c1. The van der Waals surface area contributed by atoms with E-state index < -0.39 is 0 Å². The maximum absolute atomic E-state index is 11.5. The maximum Gasteiger partial charge on any atom is 0.252 e. The highest BCUT2D eigenvalue weighted by Gasteiger charge is 2.06. The van der Waals surface area contributed by atoms with Crippen LogP contribution < -0.4 is 5.32 Å². The number of nitriles is 1. The van der Waals surface area contributed by atoms with Crippen LogP contribution in [0, 0.1) is 14.9 Å². The summed E-state index contributed by atoms with van der Waals surface area (Å²) >= 11 is 1.97. The van der Waals surface area contributed by atoms with Crippen LogP contribution in [0.1, 0.15) is 10.4 Å². The second-order valence-corrected chi connectivity index (χ2v) is 3.86. The van der Waals surface area contributed by atoms with Gasteiger partial charge in [0.15, 0.2) is 0 Å². The lowest BCUT2D eigenvalue weighted by Gasteiger charge is -2.03. The van der Waals surface area contributed by atoms with Crippen LogP contribution in [0.25, 0.3) is 10.4 Å². The fourth-order valence-electron chi connectivity index (χ4n) is 0.999. The zero-order chi connectivity index (χ0) is 12.0. The van der Waals surface area contributed by atoms with Gasteiger partial charge in [0.25, 0.3) is 5.91 Å². The van der Waals surface area contributed by atoms with Crippen LogP contribution in [-0.4, -0.2) is 12.5 Å². The topological polar surface area (TPSA) is 102 Å². The Balaban J connectivity index is 2.93. The van der Waals surface area contributed by atoms with Gasteiger partial charge in [-0.05, 0) is 40.3 Å². The molecular formula is C9H6IN5O. The van der Waals surface area contributed by atoms with Crippen LogP contribution in [-0.2, 0) is 0 Å². The molecule has 0 spiro atoms. The third-order valence-electron chi connectivity index (χ3n) is 1.69. The minimum atomic E-state index is -0.327. The van der Waals surface area contributed by atoms with Gasteiger partial charge >= 0.3 is 0 Å². The van der Waals surface area contributed by atoms with Gasteiger partial charge in [0.05, 0.1) is 11.8 Å². The van der Waals surface area contributed by atoms with E-state index in [1.807, 2.05) is 28.7 Å². The van der Waals surface area contributed by atoms with Gasteiger partial charge in [0, 0.05) is 14.0 Å². The van der Waals surface area contributed by atoms with Crippen LogP contribution in [0.2, 0.25) is 0 Å². The van der Waals surface area contributed by atoms with Gasteiger partial charge in [0.2, 0.25) is 0 Å². The molecule has 1 amide bonds. The fourth-order valence-corrected chi connectivity index (χ4v) is 1.62. The quantitative estimate of drug-likeness (QED) is 0.303. The normalized spacial score (nSPS) is 8.75. The number of carbonyl (C=O) groups is 1. The van der Waals surface area contributed by atoms with E-state index >= 15 is 0 Å². The Hall–Kier alpha value is -1.78. The maximum atomic E-state index is 11.5. The molecule has 0 heterocycles. The molecule has 0 aromatic heterocycles. The summed E-state index contributed by atoms with van der Waals surface area (Å²) in [5.41, 5.74) is 9.18. The van der Waals surface area contributed by atoms with Crippen molar-refractivity contribution >= 4 is 34.2 Å². The summed E-state index contributed by atoms with van der Waals surface area (Å²) in [6.45, 7) is -0.0342. The molecule has 80 valence electrons. The number of nitrogens with one attached hydrogen (secondary N) is 1. The van der Waals surface area contributed by atoms with Crippen molar-refractivity contribution in [2.45, 2.75) is 0 Å². The minimum Gasteiger partial charge on any atom is -0.339 e. The van der Waals surface area contributed by atoms with Crippen LogP contribution in [0.15, 0.2) is 23.3 Å². The summed E-state index contributed by atoms with van der Waals surface area (Å²) in [7, 11) is 0. The van der Waals surface area contributed by atoms with Crippen molar-refractivity contribution in [3.63, 3.8) is 0 Å². The van der Waals surface area contributed by atoms with Crippen molar-refractivity contribution in [3.05, 3.63) is 37.8 Å². The van der Waals surface area contributed by atoms with E-state index in [1.54, 1.807) is 18.2 Å². The second kappa shape index (κ2) is 5.95. The van der Waals surface area contributed by atoms with Crippen molar-refractivity contribution in [2.24, 2.45) is 5.11 Å². The predicted octanol–water partition coefficient (Wildman–Crippen LogP) is 2.49. The molecule has 0 aliphatic rings. The predicted molar refractivity (Wildman–Crippen MR) is 65.9 cm³/mol. The number of rotatable bonds is 3. The summed E-state index contributed by atoms with van der Waals surface area (Å²) in [5.74, 6) is -0.327. The zero-order valence-electron chi connectivity index (χ0n) is 8.01. The summed E-state index contributed by atoms with van der Waals surface area (Å²) in [6, 6.07) is 6.51. The van der Waals surface area contributed by atoms with Gasteiger partial charge in [-0.25, -0.2) is 0 Å². The van der Waals surface area contributed by atoms with E-state index in [1.165, 1.54) is 0 Å². The minimum absolute atomic E-state index is 0.0342. The van der Waals surface area contributed by atoms with E-state index in [-0.39, 0.29) is 12.5 Å². The number of nitrogens with zero attached hydrogens (tertiary/aromatic N) is 4. The number of hydrogen-bond donors (Lipinski definition) is 1. The Bertz CT molecular complexity index is 501. The second-order valence-electron chi connectivity index (χ2n) is 2.70. The molecule has 0 saturated heterocycles. The standard InChI is InChI=1S/C9H6IN5O/c10-7-5-6(9(16)13-4-3-11)1-2-8(7)14-15-12/h1-2,5H,4H2,(H,13,16). The monoisotopic (exact) mass is 327 g/mol. The number of hydrogen-bond acceptors (Lipinski definition) is 3. The first-order chi connectivity index (χ1) is 7.69. The molecule has 16 heavy (non-hydrogen) atoms. The average Bonchev–Trinajstić information content (AvgIpc) is 2.29. The lowest BCUT2D eigenvalue weighted by Crippen LogP contribution is -2.23. The summed E-state index contributed by atoms with van der Waals surface area (Å²) in [6.07, 6.45) is 0. The third kappa shape index (κ3) is 3.12. The number of azide groups is 1. The summed E-state index contributed by atoms with van der Waals surface area (Å²) in [5, 5.41) is 14.2. The summed E-state index contributed by atoms with van der Waals surface area (Å²) < 4.78 is 0.681. The highest BCUT2D eigenvalue weighted by molar-refractivity contribution is 14.1. The van der Waals surface area contributed by atoms with Crippen molar-refractivity contribution in [1.29, 1.82) is 5.26 Å². The van der Waals surface area contributed by atoms with Gasteiger partial charge in [0.1, 0.15) is 6.54 Å². The summed E-state index contributed by atoms with van der Waals surface area (Å²) in [4.78, 5) is 14.1. The van der Waals surface area contributed by atoms with Crippen molar-refractivity contribution in [3.8, 4) is 6.07 Å². The average molecular weight is 327 g/mol. The Morgan fingerprint density at radius 1 is 1.69 bits per heavy atom. The van der Waals surface area contributed by atoms with Gasteiger partial charge in [-0.2, -0.15) is 5.26 Å². The van der Waals surface area contributed by atoms with Gasteiger partial charge in [-0.15, -0.1) is 0 Å². The first-order valence-corrected chi connectivity index (χ1v) is 5.26. The number of carbonyl (C=O) groups excluding carboxylic acids is 1. The largest absolute Gasteiger partial charge is 0.339 e. The molecule has 0 aliphatic carbocycles. The highest BCUT2D eigenvalue weighted by atomic mass is 127. The molecule has 0 radical (unpaired) electrons. The van der Waals surface area contributed by atoms with Crippen LogP contribution >= 0.6 is 22.6 Å². The Labute approximate surface area is 105 Å². The van der Waals surface area contributed by atoms with Gasteiger partial charge in [-0.1, -0.05) is 11.2 Å². The molecule has 6 nitrogen and oxygen atoms in total. The fraction of sp³-hybridized carbons (Fsp3) is 0.111. The molecule has 1 aromatic carbocycles. The number of halogens is 1. The molecule has 0 bridgehead atoms. The molecule has 0 aliphatic heterocycles. The first kappa shape index (κ1) is 12.3. The van der Waals surface area contributed by atoms with Crippen LogP contribution in [0.4, 0.5) is 5.69 Å². The lowest BCUT2D eigenvalue weighted by molar-refractivity contribution is 0.0958. The van der Waals surface area contributed by atoms with Gasteiger partial charge in [-0.3, -0.25) is 4.79 Å². The Kier molecular flexibility index (Phi) is 4.57. The van der Waals surface area contributed by atoms with Crippen molar-refractivity contribution in [1.82, 2.24) is 5.32 Å². The Morgan fingerprint density at radius 3 is 3.00 bits per heavy atom. The van der Waals surface area contributed by atoms with Crippen molar-refractivity contribution < 1.29 is 4.79 Å². The number of amides is 1. The first-order valence-electron chi connectivity index (χ1n) is 4.19. The Morgan fingerprint density at radius 2 is 2.44 bits per heavy atom. The molecule has 0 fully saturated rings. The molecule has 0 unspecified atom stereocenters. The van der Waals surface area contributed by atoms with Crippen LogP contribution in [0.3, 0.4) is 0 Å². The molecule has 1 rings (SSSR count). The molecular weight excluding hydrogens is 321 g/mol. The van der Waals surface area contributed by atoms with Gasteiger partial charge < -0.3 is 5.32 Å². The molecule has 0 saturated carbocycles. The van der Waals surface area contributed by atoms with E-state index in [4.69, 9.17) is 10.8 Å². The molecule has 1 aromatic rings. The smallest absolute Gasteiger partial charge is 0.252 e. The molecule has 7 heteroatoms. The number of benzene rings is 1. The van der Waals surface area contributed by atoms with Crippen LogP contribution in [0.5, 0.6) is 0 Å². The third-order valence-corrected chi connectivity index (χ3v) is 2.55.